The molecule has 2 aliphatic rings. The Morgan fingerprint density at radius 2 is 1.63 bits per heavy atom. The van der Waals surface area contributed by atoms with E-state index in [1.165, 1.54) is 67.3 Å². The molecular weight excluding hydrogens is 450 g/mol. The molecule has 1 fully saturated rings. The molecule has 0 aromatic heterocycles. The van der Waals surface area contributed by atoms with Crippen molar-refractivity contribution in [3.8, 4) is 0 Å². The summed E-state index contributed by atoms with van der Waals surface area (Å²) in [6, 6.07) is 25.9. The molecule has 0 N–H and O–H groups in total. The van der Waals surface area contributed by atoms with Crippen molar-refractivity contribution in [3.05, 3.63) is 106 Å². The molecule has 1 atom stereocenters. The van der Waals surface area contributed by atoms with Crippen LogP contribution in [0, 0.1) is 5.92 Å². The first-order valence-electron chi connectivity index (χ1n) is 12.9. The van der Waals surface area contributed by atoms with E-state index in [1.54, 1.807) is 0 Å². The molecule has 5 rings (SSSR count). The topological polar surface area (TPSA) is 29.5 Å². The van der Waals surface area contributed by atoms with E-state index in [-0.39, 0.29) is 11.2 Å². The fraction of sp³-hybridized carbons (Fsp3) is 0.387. The van der Waals surface area contributed by atoms with Crippen molar-refractivity contribution >= 4 is 17.7 Å². The van der Waals surface area contributed by atoms with Gasteiger partial charge < -0.3 is 9.64 Å². The van der Waals surface area contributed by atoms with Gasteiger partial charge in [0.1, 0.15) is 0 Å². The van der Waals surface area contributed by atoms with Crippen LogP contribution in [0.2, 0.25) is 0 Å². The summed E-state index contributed by atoms with van der Waals surface area (Å²) in [5, 5.41) is 0.254. The lowest BCUT2D eigenvalue weighted by molar-refractivity contribution is 0.0600. The first-order valence-corrected chi connectivity index (χ1v) is 13.9. The van der Waals surface area contributed by atoms with Gasteiger partial charge in [0.15, 0.2) is 0 Å². The van der Waals surface area contributed by atoms with Crippen LogP contribution in [-0.2, 0) is 24.0 Å². The fourth-order valence-corrected chi connectivity index (χ4v) is 7.01. The van der Waals surface area contributed by atoms with Gasteiger partial charge in [-0.05, 0) is 91.1 Å². The van der Waals surface area contributed by atoms with Crippen LogP contribution in [0.5, 0.6) is 0 Å². The van der Waals surface area contributed by atoms with E-state index >= 15 is 0 Å². The number of esters is 1. The van der Waals surface area contributed by atoms with Crippen molar-refractivity contribution in [3.63, 3.8) is 0 Å². The molecule has 3 aromatic rings. The number of carbonyl (C=O) groups excluding carboxylic acids is 1. The standard InChI is InChI=1S/C31H35NO2S/c1-34-31(33)27-14-13-26-12-11-25-9-5-6-10-28(25)30(29(26)22-27)35-20-19-32-17-15-24(16-18-32)21-23-7-3-2-4-8-23/h2-10,13-14,22,24,30H,11-12,15-21H2,1H3. The molecule has 0 spiro atoms. The Bertz CT molecular complexity index is 1140. The Hall–Kier alpha value is -2.56. The Morgan fingerprint density at radius 1 is 0.914 bits per heavy atom. The van der Waals surface area contributed by atoms with Crippen molar-refractivity contribution in [2.75, 3.05) is 32.5 Å². The second-order valence-electron chi connectivity index (χ2n) is 9.83. The van der Waals surface area contributed by atoms with Crippen molar-refractivity contribution < 1.29 is 9.53 Å². The van der Waals surface area contributed by atoms with E-state index in [9.17, 15) is 4.79 Å². The molecule has 0 saturated carbocycles. The van der Waals surface area contributed by atoms with Gasteiger partial charge in [-0.25, -0.2) is 4.79 Å². The maximum Gasteiger partial charge on any atom is 0.337 e. The summed E-state index contributed by atoms with van der Waals surface area (Å²) in [5.74, 6) is 1.63. The lowest BCUT2D eigenvalue weighted by Crippen LogP contribution is -2.35. The van der Waals surface area contributed by atoms with Crippen LogP contribution in [0.1, 0.15) is 56.3 Å². The number of carbonyl (C=O) groups is 1. The highest BCUT2D eigenvalue weighted by molar-refractivity contribution is 7.99. The highest BCUT2D eigenvalue weighted by atomic mass is 32.2. The molecule has 0 amide bonds. The minimum atomic E-state index is -0.257. The van der Waals surface area contributed by atoms with Crippen LogP contribution in [0.4, 0.5) is 0 Å². The number of rotatable bonds is 7. The Morgan fingerprint density at radius 3 is 2.40 bits per heavy atom. The van der Waals surface area contributed by atoms with Gasteiger partial charge in [-0.2, -0.15) is 0 Å². The number of piperidine rings is 1. The normalized spacial score (nSPS) is 18.4. The third-order valence-corrected chi connectivity index (χ3v) is 8.88. The molecule has 1 unspecified atom stereocenters. The quantitative estimate of drug-likeness (QED) is 0.365. The first kappa shape index (κ1) is 24.1. The first-order chi connectivity index (χ1) is 17.2. The largest absolute Gasteiger partial charge is 0.465 e. The van der Waals surface area contributed by atoms with Crippen LogP contribution in [-0.4, -0.2) is 43.4 Å². The summed E-state index contributed by atoms with van der Waals surface area (Å²) in [5.41, 5.74) is 7.59. The van der Waals surface area contributed by atoms with Crippen molar-refractivity contribution in [2.45, 2.75) is 37.4 Å². The third kappa shape index (κ3) is 5.82. The maximum atomic E-state index is 12.3. The number of aryl methyl sites for hydroxylation is 2. The number of nitrogens with zero attached hydrogens (tertiary/aromatic N) is 1. The van der Waals surface area contributed by atoms with E-state index in [4.69, 9.17) is 4.74 Å². The molecule has 3 nitrogen and oxygen atoms in total. The van der Waals surface area contributed by atoms with Gasteiger partial charge in [0, 0.05) is 12.3 Å². The molecule has 1 heterocycles. The second kappa shape index (κ2) is 11.5. The fourth-order valence-electron chi connectivity index (χ4n) is 5.61. The molecule has 3 aromatic carbocycles. The maximum absolute atomic E-state index is 12.3. The van der Waals surface area contributed by atoms with E-state index in [1.807, 2.05) is 17.8 Å². The molecule has 1 aliphatic carbocycles. The van der Waals surface area contributed by atoms with Crippen LogP contribution in [0.3, 0.4) is 0 Å². The van der Waals surface area contributed by atoms with Crippen molar-refractivity contribution in [2.24, 2.45) is 5.92 Å². The van der Waals surface area contributed by atoms with E-state index in [0.717, 1.165) is 31.1 Å². The summed E-state index contributed by atoms with van der Waals surface area (Å²) in [4.78, 5) is 14.9. The number of hydrogen-bond donors (Lipinski definition) is 0. The minimum absolute atomic E-state index is 0.254. The molecule has 35 heavy (non-hydrogen) atoms. The molecule has 182 valence electrons. The lowest BCUT2D eigenvalue weighted by Gasteiger charge is -2.32. The van der Waals surface area contributed by atoms with Gasteiger partial charge in [-0.15, -0.1) is 11.8 Å². The summed E-state index contributed by atoms with van der Waals surface area (Å²) in [7, 11) is 1.46. The van der Waals surface area contributed by atoms with Crippen LogP contribution in [0.25, 0.3) is 0 Å². The van der Waals surface area contributed by atoms with Gasteiger partial charge in [-0.1, -0.05) is 60.7 Å². The van der Waals surface area contributed by atoms with Gasteiger partial charge in [0.25, 0.3) is 0 Å². The highest BCUT2D eigenvalue weighted by Gasteiger charge is 2.26. The minimum Gasteiger partial charge on any atom is -0.465 e. The number of fused-ring (bicyclic) bond motifs is 2. The molecule has 4 heteroatoms. The zero-order valence-corrected chi connectivity index (χ0v) is 21.4. The van der Waals surface area contributed by atoms with Crippen LogP contribution >= 0.6 is 11.8 Å². The zero-order valence-electron chi connectivity index (χ0n) is 20.6. The summed E-state index contributed by atoms with van der Waals surface area (Å²) in [6.07, 6.45) is 5.85. The Kier molecular flexibility index (Phi) is 7.90. The molecular formula is C31H35NO2S. The van der Waals surface area contributed by atoms with Crippen molar-refractivity contribution in [1.82, 2.24) is 4.90 Å². The van der Waals surface area contributed by atoms with Crippen molar-refractivity contribution in [1.29, 1.82) is 0 Å². The molecule has 0 radical (unpaired) electrons. The van der Waals surface area contributed by atoms with Crippen LogP contribution < -0.4 is 0 Å². The lowest BCUT2D eigenvalue weighted by atomic mass is 9.90. The number of ether oxygens (including phenoxy) is 1. The number of thioether (sulfide) groups is 1. The summed E-state index contributed by atoms with van der Waals surface area (Å²) in [6.45, 7) is 3.51. The van der Waals surface area contributed by atoms with Gasteiger partial charge in [-0.3, -0.25) is 0 Å². The average molecular weight is 486 g/mol. The average Bonchev–Trinajstić information content (AvgIpc) is 3.06. The van der Waals surface area contributed by atoms with Gasteiger partial charge in [0.2, 0.25) is 0 Å². The second-order valence-corrected chi connectivity index (χ2v) is 11.0. The molecule has 1 aliphatic heterocycles. The SMILES string of the molecule is COC(=O)c1ccc2c(c1)C(SCCN1CCC(Cc3ccccc3)CC1)c1ccccc1CC2. The number of methoxy groups -OCH3 is 1. The zero-order chi connectivity index (χ0) is 24.0. The summed E-state index contributed by atoms with van der Waals surface area (Å²) < 4.78 is 5.02. The number of hydrogen-bond acceptors (Lipinski definition) is 4. The van der Waals surface area contributed by atoms with Gasteiger partial charge in [0.05, 0.1) is 17.9 Å². The van der Waals surface area contributed by atoms with E-state index < -0.39 is 0 Å². The molecule has 1 saturated heterocycles. The van der Waals surface area contributed by atoms with E-state index in [0.29, 0.717) is 5.56 Å². The van der Waals surface area contributed by atoms with E-state index in [2.05, 4.69) is 71.6 Å². The van der Waals surface area contributed by atoms with Gasteiger partial charge >= 0.3 is 5.97 Å². The smallest absolute Gasteiger partial charge is 0.337 e. The van der Waals surface area contributed by atoms with Crippen LogP contribution in [0.15, 0.2) is 72.8 Å². The summed E-state index contributed by atoms with van der Waals surface area (Å²) >= 11 is 2.03. The number of likely N-dealkylation sites (tertiary alicyclic amines) is 1. The number of benzene rings is 3. The Labute approximate surface area is 213 Å². The predicted molar refractivity (Wildman–Crippen MR) is 145 cm³/mol. The Balaban J connectivity index is 1.24. The predicted octanol–water partition coefficient (Wildman–Crippen LogP) is 6.35. The monoisotopic (exact) mass is 485 g/mol. The molecule has 0 bridgehead atoms. The highest BCUT2D eigenvalue weighted by Crippen LogP contribution is 2.42. The third-order valence-electron chi connectivity index (χ3n) is 7.62.